The molecular formula is C29H36ClN9O2S. The highest BCUT2D eigenvalue weighted by molar-refractivity contribution is 7.89. The first kappa shape index (κ1) is 28.9. The van der Waals surface area contributed by atoms with Crippen molar-refractivity contribution in [2.24, 2.45) is 9.39 Å². The number of pyridine rings is 1. The summed E-state index contributed by atoms with van der Waals surface area (Å²) < 4.78 is 30.1. The Morgan fingerprint density at radius 1 is 1.14 bits per heavy atom. The lowest BCUT2D eigenvalue weighted by Gasteiger charge is -2.47. The summed E-state index contributed by atoms with van der Waals surface area (Å²) in [6, 6.07) is 13.0. The van der Waals surface area contributed by atoms with Gasteiger partial charge in [0, 0.05) is 38.3 Å². The summed E-state index contributed by atoms with van der Waals surface area (Å²) in [5, 5.41) is 12.6. The smallest absolute Gasteiger partial charge is 0.345 e. The number of hydrogen-bond donors (Lipinski definition) is 2. The molecule has 2 aromatic rings. The second-order valence-corrected chi connectivity index (χ2v) is 13.2. The first-order valence-corrected chi connectivity index (χ1v) is 16.5. The van der Waals surface area contributed by atoms with E-state index in [0.717, 1.165) is 77.2 Å². The van der Waals surface area contributed by atoms with Crippen molar-refractivity contribution in [3.8, 4) is 6.07 Å². The highest BCUT2D eigenvalue weighted by atomic mass is 35.5. The molecule has 0 bridgehead atoms. The van der Waals surface area contributed by atoms with Gasteiger partial charge in [-0.15, -0.1) is 4.40 Å². The fourth-order valence-corrected chi connectivity index (χ4v) is 7.14. The predicted molar refractivity (Wildman–Crippen MR) is 165 cm³/mol. The molecule has 1 atom stereocenters. The molecule has 222 valence electrons. The highest BCUT2D eigenvalue weighted by Crippen LogP contribution is 2.31. The van der Waals surface area contributed by atoms with Crippen molar-refractivity contribution in [1.29, 1.82) is 5.26 Å². The summed E-state index contributed by atoms with van der Waals surface area (Å²) in [5.41, 5.74) is 2.51. The average Bonchev–Trinajstić information content (AvgIpc) is 3.76. The van der Waals surface area contributed by atoms with Crippen molar-refractivity contribution in [2.45, 2.75) is 63.7 Å². The number of benzene rings is 1. The van der Waals surface area contributed by atoms with Gasteiger partial charge in [0.1, 0.15) is 5.82 Å². The number of piperidine rings is 1. The molecular weight excluding hydrogens is 574 g/mol. The lowest BCUT2D eigenvalue weighted by Crippen LogP contribution is -2.58. The first-order valence-electron chi connectivity index (χ1n) is 14.7. The van der Waals surface area contributed by atoms with Gasteiger partial charge < -0.3 is 10.2 Å². The standard InChI is InChI=1S/C29H36ClN9O2S/c1-2-24-19-38(13-14-39(24)25-9-11-37(12-10-25)18-21-5-3-20(16-31)4-6-21)29-26(30)15-23(17-32-29)34-28-27(33-22-7-8-22)35-42(40,41)36-28/h3-6,15,17,22,24-25H,2,7-14,18-19H2,1H3,(H,33,35)(H,34,36)/t24-/m0/s1. The number of anilines is 2. The topological polar surface area (TPSA) is 129 Å². The van der Waals surface area contributed by atoms with Crippen LogP contribution in [0.15, 0.2) is 45.9 Å². The summed E-state index contributed by atoms with van der Waals surface area (Å²) in [7, 11) is -3.80. The quantitative estimate of drug-likeness (QED) is 0.489. The third kappa shape index (κ3) is 6.70. The van der Waals surface area contributed by atoms with Gasteiger partial charge in [0.25, 0.3) is 0 Å². The van der Waals surface area contributed by atoms with Gasteiger partial charge in [0.15, 0.2) is 11.7 Å². The minimum absolute atomic E-state index is 0.142. The van der Waals surface area contributed by atoms with Gasteiger partial charge in [-0.3, -0.25) is 14.8 Å². The number of likely N-dealkylation sites (tertiary alicyclic amines) is 1. The van der Waals surface area contributed by atoms with Gasteiger partial charge in [-0.05, 0) is 69.0 Å². The van der Waals surface area contributed by atoms with Gasteiger partial charge in [0.2, 0.25) is 0 Å². The normalized spacial score (nSPS) is 24.3. The highest BCUT2D eigenvalue weighted by Gasteiger charge is 2.34. The molecule has 6 rings (SSSR count). The molecule has 13 heteroatoms. The molecule has 2 N–H and O–H groups in total. The van der Waals surface area contributed by atoms with Gasteiger partial charge in [-0.1, -0.05) is 30.7 Å². The lowest BCUT2D eigenvalue weighted by atomic mass is 9.97. The van der Waals surface area contributed by atoms with E-state index >= 15 is 0 Å². The molecule has 0 radical (unpaired) electrons. The third-order valence-corrected chi connectivity index (χ3v) is 9.57. The van der Waals surface area contributed by atoms with Crippen LogP contribution in [0.25, 0.3) is 0 Å². The SMILES string of the molecule is CC[C@H]1CN(c2ncc(NC3=NS(=O)(=O)NC3=NC3CC3)cc2Cl)CCN1C1CCN(Cc2ccc(C#N)cc2)CC1. The molecule has 2 saturated heterocycles. The second-order valence-electron chi connectivity index (χ2n) is 11.4. The minimum Gasteiger partial charge on any atom is -0.353 e. The maximum absolute atomic E-state index is 12.0. The number of aliphatic imine (C=N–C) groups is 1. The van der Waals surface area contributed by atoms with Crippen LogP contribution in [0.4, 0.5) is 11.5 Å². The number of amidine groups is 2. The minimum atomic E-state index is -3.80. The largest absolute Gasteiger partial charge is 0.353 e. The van der Waals surface area contributed by atoms with Crippen LogP contribution in [-0.4, -0.2) is 85.7 Å². The molecule has 3 fully saturated rings. The Morgan fingerprint density at radius 2 is 1.90 bits per heavy atom. The van der Waals surface area contributed by atoms with Crippen LogP contribution in [0, 0.1) is 11.3 Å². The molecule has 4 heterocycles. The average molecular weight is 610 g/mol. The van der Waals surface area contributed by atoms with Crippen LogP contribution in [0.1, 0.15) is 50.2 Å². The van der Waals surface area contributed by atoms with Gasteiger partial charge in [0.05, 0.1) is 34.6 Å². The molecule has 0 unspecified atom stereocenters. The molecule has 1 aromatic heterocycles. The van der Waals surface area contributed by atoms with E-state index in [-0.39, 0.29) is 17.7 Å². The number of aromatic nitrogens is 1. The Bertz CT molecular complexity index is 1510. The van der Waals surface area contributed by atoms with Gasteiger partial charge in [-0.25, -0.2) is 9.71 Å². The Morgan fingerprint density at radius 3 is 2.57 bits per heavy atom. The Labute approximate surface area is 252 Å². The van der Waals surface area contributed by atoms with Crippen molar-refractivity contribution in [1.82, 2.24) is 19.5 Å². The number of nitriles is 1. The summed E-state index contributed by atoms with van der Waals surface area (Å²) in [4.78, 5) is 16.5. The van der Waals surface area contributed by atoms with Crippen molar-refractivity contribution in [3.63, 3.8) is 0 Å². The van der Waals surface area contributed by atoms with Crippen molar-refractivity contribution >= 4 is 45.0 Å². The van der Waals surface area contributed by atoms with Gasteiger partial charge in [-0.2, -0.15) is 13.7 Å². The van der Waals surface area contributed by atoms with Crippen LogP contribution in [0.2, 0.25) is 5.02 Å². The van der Waals surface area contributed by atoms with E-state index < -0.39 is 10.2 Å². The van der Waals surface area contributed by atoms with E-state index in [9.17, 15) is 8.42 Å². The van der Waals surface area contributed by atoms with Crippen LogP contribution in [0.5, 0.6) is 0 Å². The maximum atomic E-state index is 12.0. The summed E-state index contributed by atoms with van der Waals surface area (Å²) >= 11 is 6.73. The van der Waals surface area contributed by atoms with E-state index in [0.29, 0.717) is 28.4 Å². The molecule has 1 aliphatic carbocycles. The zero-order valence-electron chi connectivity index (χ0n) is 23.7. The van der Waals surface area contributed by atoms with E-state index in [1.807, 2.05) is 12.1 Å². The fraction of sp³-hybridized carbons (Fsp3) is 0.517. The molecule has 1 aromatic carbocycles. The van der Waals surface area contributed by atoms with Crippen LogP contribution in [0.3, 0.4) is 0 Å². The second kappa shape index (κ2) is 12.2. The number of nitrogens with one attached hydrogen (secondary N) is 2. The van der Waals surface area contributed by atoms with E-state index in [2.05, 4.69) is 64.2 Å². The van der Waals surface area contributed by atoms with Crippen LogP contribution >= 0.6 is 11.6 Å². The van der Waals surface area contributed by atoms with E-state index in [4.69, 9.17) is 16.9 Å². The molecule has 11 nitrogen and oxygen atoms in total. The number of nitrogens with zero attached hydrogens (tertiary/aromatic N) is 7. The van der Waals surface area contributed by atoms with Crippen LogP contribution in [-0.2, 0) is 16.8 Å². The van der Waals surface area contributed by atoms with Gasteiger partial charge >= 0.3 is 10.2 Å². The zero-order valence-corrected chi connectivity index (χ0v) is 25.3. The Hall–Kier alpha value is -3.24. The van der Waals surface area contributed by atoms with E-state index in [1.165, 1.54) is 5.56 Å². The van der Waals surface area contributed by atoms with Crippen molar-refractivity contribution in [3.05, 3.63) is 52.7 Å². The maximum Gasteiger partial charge on any atom is 0.345 e. The number of piperazine rings is 1. The first-order chi connectivity index (χ1) is 20.3. The molecule has 4 aliphatic rings. The van der Waals surface area contributed by atoms with Crippen molar-refractivity contribution < 1.29 is 8.42 Å². The Balaban J connectivity index is 1.05. The summed E-state index contributed by atoms with van der Waals surface area (Å²) in [5.74, 6) is 1.14. The lowest BCUT2D eigenvalue weighted by molar-refractivity contribution is 0.0610. The molecule has 0 spiro atoms. The monoisotopic (exact) mass is 609 g/mol. The summed E-state index contributed by atoms with van der Waals surface area (Å²) in [6.07, 6.45) is 6.90. The summed E-state index contributed by atoms with van der Waals surface area (Å²) in [6.45, 7) is 7.96. The fourth-order valence-electron chi connectivity index (χ4n) is 6.04. The van der Waals surface area contributed by atoms with E-state index in [1.54, 1.807) is 12.3 Å². The van der Waals surface area contributed by atoms with Crippen LogP contribution < -0.4 is 14.9 Å². The number of halogens is 1. The Kier molecular flexibility index (Phi) is 8.36. The zero-order chi connectivity index (χ0) is 29.3. The number of hydrogen-bond acceptors (Lipinski definition) is 9. The number of rotatable bonds is 7. The molecule has 42 heavy (non-hydrogen) atoms. The molecule has 0 amide bonds. The molecule has 1 saturated carbocycles. The molecule has 3 aliphatic heterocycles. The third-order valence-electron chi connectivity index (χ3n) is 8.42. The predicted octanol–water partition coefficient (Wildman–Crippen LogP) is 3.39. The van der Waals surface area contributed by atoms with Crippen molar-refractivity contribution in [2.75, 3.05) is 42.9 Å².